The lowest BCUT2D eigenvalue weighted by Gasteiger charge is -2.54. The Morgan fingerprint density at radius 3 is 2.41 bits per heavy atom. The van der Waals surface area contributed by atoms with Crippen LogP contribution in [0.1, 0.15) is 48.4 Å². The van der Waals surface area contributed by atoms with Gasteiger partial charge in [0.05, 0.1) is 6.04 Å². The molecule has 0 aliphatic heterocycles. The molecule has 0 spiro atoms. The number of hydrogen-bond acceptors (Lipinski definition) is 6. The van der Waals surface area contributed by atoms with Gasteiger partial charge in [0.25, 0.3) is 0 Å². The van der Waals surface area contributed by atoms with Crippen molar-refractivity contribution in [3.63, 3.8) is 0 Å². The number of hydrogen-bond donors (Lipinski definition) is 4. The number of anilines is 1. The van der Waals surface area contributed by atoms with Crippen molar-refractivity contribution in [1.82, 2.24) is 10.2 Å². The summed E-state index contributed by atoms with van der Waals surface area (Å²) in [5.41, 5.74) is 15.2. The first kappa shape index (κ1) is 27.8. The van der Waals surface area contributed by atoms with Crippen molar-refractivity contribution < 1.29 is 10.2 Å². The molecule has 5 N–H and O–H groups in total. The first-order chi connectivity index (χ1) is 18.3. The second-order valence-corrected chi connectivity index (χ2v) is 12.7. The maximum atomic E-state index is 12.5. The highest BCUT2D eigenvalue weighted by Crippen LogP contribution is 2.58. The van der Waals surface area contributed by atoms with Crippen LogP contribution in [-0.4, -0.2) is 61.5 Å². The Hall–Kier alpha value is -2.80. The number of nitrogens with two attached hydrogens (primary N) is 1. The van der Waals surface area contributed by atoms with Gasteiger partial charge in [-0.15, -0.1) is 0 Å². The van der Waals surface area contributed by atoms with E-state index in [1.165, 1.54) is 40.8 Å². The van der Waals surface area contributed by atoms with Gasteiger partial charge in [0.2, 0.25) is 0 Å². The highest BCUT2D eigenvalue weighted by atomic mass is 16.3. The predicted molar refractivity (Wildman–Crippen MR) is 162 cm³/mol. The molecule has 0 heterocycles. The SMILES string of the molecule is C=C(N)C1=C(O)C(N(C)C)[C@@H]2C[C@@H]3Cc4c(N(C)C)cc(CNCC5CC5)c(C)c4C(=C)C3=C(C)[C@]2(O)C1=C. The second-order valence-electron chi connectivity index (χ2n) is 12.7. The fourth-order valence-corrected chi connectivity index (χ4v) is 7.68. The van der Waals surface area contributed by atoms with Crippen molar-refractivity contribution >= 4 is 11.3 Å². The average Bonchev–Trinajstić information content (AvgIpc) is 3.66. The smallest absolute Gasteiger partial charge is 0.119 e. The third-order valence-corrected chi connectivity index (χ3v) is 9.80. The Labute approximate surface area is 234 Å². The van der Waals surface area contributed by atoms with Gasteiger partial charge in [-0.2, -0.15) is 0 Å². The van der Waals surface area contributed by atoms with E-state index >= 15 is 0 Å². The molecule has 1 saturated carbocycles. The summed E-state index contributed by atoms with van der Waals surface area (Å²) in [6.45, 7) is 19.0. The highest BCUT2D eigenvalue weighted by Gasteiger charge is 2.57. The van der Waals surface area contributed by atoms with Gasteiger partial charge in [0, 0.05) is 43.5 Å². The summed E-state index contributed by atoms with van der Waals surface area (Å²) in [6.07, 6.45) is 4.24. The summed E-state index contributed by atoms with van der Waals surface area (Å²) in [4.78, 5) is 4.19. The number of nitrogens with one attached hydrogen (secondary N) is 1. The number of allylic oxidation sites excluding steroid dienone is 3. The Balaban J connectivity index is 1.65. The number of nitrogens with zero attached hydrogens (tertiary/aromatic N) is 2. The fraction of sp³-hybridized carbons (Fsp3) is 0.515. The zero-order valence-electron chi connectivity index (χ0n) is 24.6. The molecule has 4 atom stereocenters. The lowest BCUT2D eigenvalue weighted by Crippen LogP contribution is -2.58. The first-order valence-electron chi connectivity index (χ1n) is 14.2. The molecular formula is C33H46N4O2. The van der Waals surface area contributed by atoms with Crippen LogP contribution < -0.4 is 16.0 Å². The normalized spacial score (nSPS) is 28.5. The molecule has 0 aromatic heterocycles. The molecular weight excluding hydrogens is 484 g/mol. The minimum Gasteiger partial charge on any atom is -0.510 e. The summed E-state index contributed by atoms with van der Waals surface area (Å²) in [5.74, 6) is 0.874. The minimum atomic E-state index is -1.35. The Bertz CT molecular complexity index is 1330. The van der Waals surface area contributed by atoms with Crippen molar-refractivity contribution in [3.05, 3.63) is 81.8 Å². The standard InChI is InChI=1S/C33H46N4O2/c1-17-24(16-35-15-22-10-11-22)14-27(36(6)7)25-12-23-13-26-31(37(8)9)32(38)30(21(5)34)20(4)33(26,39)19(3)29(23)18(2)28(17)25/h14,22-23,26,31,35,38-39H,2,4-5,10-13,15-16,34H2,1,3,6-9H3/t23-,26-,31?,33-/m0/s1. The van der Waals surface area contributed by atoms with Crippen molar-refractivity contribution in [2.45, 2.75) is 57.7 Å². The largest absolute Gasteiger partial charge is 0.510 e. The molecule has 39 heavy (non-hydrogen) atoms. The molecule has 210 valence electrons. The molecule has 6 nitrogen and oxygen atoms in total. The summed E-state index contributed by atoms with van der Waals surface area (Å²) in [6, 6.07) is 1.94. The second kappa shape index (κ2) is 9.69. The van der Waals surface area contributed by atoms with Gasteiger partial charge in [0.1, 0.15) is 11.4 Å². The minimum absolute atomic E-state index is 0.145. The van der Waals surface area contributed by atoms with E-state index < -0.39 is 11.6 Å². The summed E-state index contributed by atoms with van der Waals surface area (Å²) in [5, 5.41) is 27.6. The highest BCUT2D eigenvalue weighted by molar-refractivity contribution is 5.88. The number of aliphatic hydroxyl groups is 2. The molecule has 0 saturated heterocycles. The first-order valence-corrected chi connectivity index (χ1v) is 14.2. The van der Waals surface area contributed by atoms with Crippen LogP contribution in [0.2, 0.25) is 0 Å². The number of rotatable bonds is 7. The monoisotopic (exact) mass is 530 g/mol. The number of benzene rings is 1. The van der Waals surface area contributed by atoms with Crippen LogP contribution in [0.3, 0.4) is 0 Å². The van der Waals surface area contributed by atoms with Gasteiger partial charge < -0.3 is 26.2 Å². The topological polar surface area (TPSA) is 85.0 Å². The lowest BCUT2D eigenvalue weighted by molar-refractivity contribution is -0.0178. The van der Waals surface area contributed by atoms with Crippen LogP contribution in [0, 0.1) is 24.7 Å². The van der Waals surface area contributed by atoms with E-state index in [0.29, 0.717) is 17.6 Å². The van der Waals surface area contributed by atoms with Gasteiger partial charge in [-0.25, -0.2) is 0 Å². The molecule has 0 radical (unpaired) electrons. The zero-order valence-corrected chi connectivity index (χ0v) is 24.6. The van der Waals surface area contributed by atoms with Crippen molar-refractivity contribution in [1.29, 1.82) is 0 Å². The number of fused-ring (bicyclic) bond motifs is 3. The van der Waals surface area contributed by atoms with E-state index in [1.807, 2.05) is 25.9 Å². The van der Waals surface area contributed by atoms with E-state index in [4.69, 9.17) is 5.73 Å². The Kier molecular flexibility index (Phi) is 6.89. The summed E-state index contributed by atoms with van der Waals surface area (Å²) < 4.78 is 0. The number of aliphatic hydroxyl groups excluding tert-OH is 1. The Morgan fingerprint density at radius 1 is 1.18 bits per heavy atom. The van der Waals surface area contributed by atoms with Gasteiger partial charge in [-0.1, -0.05) is 19.7 Å². The number of likely N-dealkylation sites (N-methyl/N-ethyl adjacent to an activating group) is 1. The molecule has 1 fully saturated rings. The molecule has 4 aliphatic rings. The summed E-state index contributed by atoms with van der Waals surface area (Å²) >= 11 is 0. The average molecular weight is 531 g/mol. The van der Waals surface area contributed by atoms with E-state index in [9.17, 15) is 10.2 Å². The fourth-order valence-electron chi connectivity index (χ4n) is 7.68. The molecule has 1 aromatic rings. The summed E-state index contributed by atoms with van der Waals surface area (Å²) in [7, 11) is 8.09. The van der Waals surface area contributed by atoms with E-state index in [0.717, 1.165) is 42.1 Å². The van der Waals surface area contributed by atoms with Crippen molar-refractivity contribution in [2.24, 2.45) is 23.5 Å². The van der Waals surface area contributed by atoms with Gasteiger partial charge in [-0.05, 0) is 123 Å². The quantitative estimate of drug-likeness (QED) is 0.412. The molecule has 4 aliphatic carbocycles. The van der Waals surface area contributed by atoms with Gasteiger partial charge in [-0.3, -0.25) is 4.90 Å². The molecule has 1 unspecified atom stereocenters. The molecule has 1 aromatic carbocycles. The molecule has 0 amide bonds. The van der Waals surface area contributed by atoms with Crippen LogP contribution in [-0.2, 0) is 13.0 Å². The van der Waals surface area contributed by atoms with E-state index in [-0.39, 0.29) is 23.3 Å². The third kappa shape index (κ3) is 4.19. The van der Waals surface area contributed by atoms with Crippen LogP contribution in [0.25, 0.3) is 5.57 Å². The van der Waals surface area contributed by atoms with Crippen LogP contribution in [0.5, 0.6) is 0 Å². The zero-order chi connectivity index (χ0) is 28.5. The van der Waals surface area contributed by atoms with Gasteiger partial charge in [0.15, 0.2) is 0 Å². The van der Waals surface area contributed by atoms with Crippen molar-refractivity contribution in [3.8, 4) is 0 Å². The van der Waals surface area contributed by atoms with Crippen LogP contribution >= 0.6 is 0 Å². The van der Waals surface area contributed by atoms with E-state index in [2.05, 4.69) is 57.0 Å². The maximum absolute atomic E-state index is 12.5. The molecule has 6 heteroatoms. The van der Waals surface area contributed by atoms with Crippen molar-refractivity contribution in [2.75, 3.05) is 39.6 Å². The predicted octanol–water partition coefficient (Wildman–Crippen LogP) is 4.60. The van der Waals surface area contributed by atoms with Crippen LogP contribution in [0.4, 0.5) is 5.69 Å². The van der Waals surface area contributed by atoms with E-state index in [1.54, 1.807) is 0 Å². The van der Waals surface area contributed by atoms with Gasteiger partial charge >= 0.3 is 0 Å². The molecule has 0 bridgehead atoms. The Morgan fingerprint density at radius 2 is 1.85 bits per heavy atom. The lowest BCUT2D eigenvalue weighted by atomic mass is 9.55. The maximum Gasteiger partial charge on any atom is 0.119 e. The van der Waals surface area contributed by atoms with Crippen LogP contribution in [0.15, 0.2) is 59.6 Å². The third-order valence-electron chi connectivity index (χ3n) is 9.80. The molecule has 5 rings (SSSR count).